The quantitative estimate of drug-likeness (QED) is 0.894. The number of nitrogens with zero attached hydrogens (tertiary/aromatic N) is 5. The van der Waals surface area contributed by atoms with Gasteiger partial charge in [0.15, 0.2) is 11.5 Å². The third-order valence-corrected chi connectivity index (χ3v) is 5.36. The predicted octanol–water partition coefficient (Wildman–Crippen LogP) is 1.90. The van der Waals surface area contributed by atoms with Crippen LogP contribution in [0.1, 0.15) is 48.9 Å². The molecule has 134 valence electrons. The van der Waals surface area contributed by atoms with E-state index in [1.807, 2.05) is 4.40 Å². The molecule has 0 spiro atoms. The first-order valence-electron chi connectivity index (χ1n) is 9.09. The Hall–Kier alpha value is -1.99. The molecule has 0 unspecified atom stereocenters. The van der Waals surface area contributed by atoms with E-state index in [2.05, 4.69) is 33.8 Å². The van der Waals surface area contributed by atoms with Gasteiger partial charge >= 0.3 is 5.97 Å². The first kappa shape index (κ1) is 16.5. The first-order valence-corrected chi connectivity index (χ1v) is 9.09. The highest BCUT2D eigenvalue weighted by Crippen LogP contribution is 2.33. The normalized spacial score (nSPS) is 22.8. The molecule has 0 amide bonds. The molecule has 1 N–H and O–H groups in total. The average molecular weight is 343 g/mol. The van der Waals surface area contributed by atoms with Crippen molar-refractivity contribution in [3.8, 4) is 0 Å². The van der Waals surface area contributed by atoms with Gasteiger partial charge in [0.1, 0.15) is 0 Å². The molecule has 2 aromatic heterocycles. The zero-order valence-electron chi connectivity index (χ0n) is 14.8. The maximum absolute atomic E-state index is 11.3. The molecule has 7 heteroatoms. The van der Waals surface area contributed by atoms with Crippen LogP contribution in [0.2, 0.25) is 0 Å². The molecule has 1 atom stereocenters. The van der Waals surface area contributed by atoms with Crippen molar-refractivity contribution in [1.29, 1.82) is 0 Å². The molecule has 1 aliphatic heterocycles. The fourth-order valence-corrected chi connectivity index (χ4v) is 3.80. The number of fused-ring (bicyclic) bond motifs is 1. The van der Waals surface area contributed by atoms with Crippen LogP contribution in [-0.4, -0.2) is 67.7 Å². The van der Waals surface area contributed by atoms with E-state index in [4.69, 9.17) is 0 Å². The number of piperazine rings is 1. The highest BCUT2D eigenvalue weighted by Gasteiger charge is 2.35. The van der Waals surface area contributed by atoms with E-state index in [0.717, 1.165) is 31.4 Å². The van der Waals surface area contributed by atoms with Gasteiger partial charge in [-0.15, -0.1) is 10.2 Å². The summed E-state index contributed by atoms with van der Waals surface area (Å²) in [5, 5.41) is 18.0. The Kier molecular flexibility index (Phi) is 4.21. The Morgan fingerprint density at radius 3 is 2.76 bits per heavy atom. The van der Waals surface area contributed by atoms with E-state index in [9.17, 15) is 9.90 Å². The number of carboxylic acid groups (broad SMARTS) is 1. The molecule has 7 nitrogen and oxygen atoms in total. The second-order valence-corrected chi connectivity index (χ2v) is 7.56. The van der Waals surface area contributed by atoms with Gasteiger partial charge in [0, 0.05) is 38.4 Å². The fraction of sp³-hybridized carbons (Fsp3) is 0.611. The minimum atomic E-state index is -0.929. The van der Waals surface area contributed by atoms with Gasteiger partial charge in [-0.3, -0.25) is 14.2 Å². The lowest BCUT2D eigenvalue weighted by molar-refractivity contribution is 0.0437. The van der Waals surface area contributed by atoms with Crippen molar-refractivity contribution in [3.05, 3.63) is 29.7 Å². The van der Waals surface area contributed by atoms with E-state index in [1.165, 1.54) is 19.4 Å². The molecule has 0 aromatic carbocycles. The average Bonchev–Trinajstić information content (AvgIpc) is 3.30. The van der Waals surface area contributed by atoms with Gasteiger partial charge in [-0.25, -0.2) is 4.79 Å². The van der Waals surface area contributed by atoms with Crippen LogP contribution >= 0.6 is 0 Å². The van der Waals surface area contributed by atoms with Gasteiger partial charge in [0.2, 0.25) is 0 Å². The van der Waals surface area contributed by atoms with Gasteiger partial charge in [-0.1, -0.05) is 0 Å². The van der Waals surface area contributed by atoms with Crippen LogP contribution in [0.4, 0.5) is 0 Å². The van der Waals surface area contributed by atoms with Crippen molar-refractivity contribution >= 4 is 11.6 Å². The predicted molar refractivity (Wildman–Crippen MR) is 93.7 cm³/mol. The van der Waals surface area contributed by atoms with Crippen LogP contribution in [0.3, 0.4) is 0 Å². The molecule has 3 heterocycles. The van der Waals surface area contributed by atoms with Gasteiger partial charge < -0.3 is 5.11 Å². The lowest BCUT2D eigenvalue weighted by atomic mass is 10.1. The summed E-state index contributed by atoms with van der Waals surface area (Å²) in [5.74, 6) is 0.772. The molecule has 1 aliphatic carbocycles. The number of carbonyl (C=O) groups is 1. The number of hydrogen-bond acceptors (Lipinski definition) is 5. The summed E-state index contributed by atoms with van der Waals surface area (Å²) in [6.45, 7) is 8.59. The van der Waals surface area contributed by atoms with Crippen molar-refractivity contribution < 1.29 is 9.90 Å². The number of pyridine rings is 1. The summed E-state index contributed by atoms with van der Waals surface area (Å²) >= 11 is 0. The van der Waals surface area contributed by atoms with E-state index in [-0.39, 0.29) is 11.6 Å². The number of aromatic nitrogens is 3. The number of hydrogen-bond donors (Lipinski definition) is 1. The minimum absolute atomic E-state index is 0.131. The smallest absolute Gasteiger partial charge is 0.337 e. The highest BCUT2D eigenvalue weighted by molar-refractivity contribution is 5.87. The Labute approximate surface area is 147 Å². The molecular formula is C18H25N5O2. The van der Waals surface area contributed by atoms with Crippen LogP contribution < -0.4 is 0 Å². The number of aromatic carboxylic acids is 1. The van der Waals surface area contributed by atoms with Gasteiger partial charge in [-0.05, 0) is 44.7 Å². The number of rotatable bonds is 5. The minimum Gasteiger partial charge on any atom is -0.478 e. The standard InChI is InChI=1S/C18H25N5O2/c1-12(2)22-8-7-21(9-13-3-4-13)11-15(22)17-20-19-16-6-5-14(18(24)25)10-23(16)17/h5-6,10,12-13,15H,3-4,7-9,11H2,1-2H3,(H,24,25)/t15-/m1/s1. The van der Waals surface area contributed by atoms with Gasteiger partial charge in [0.25, 0.3) is 0 Å². The van der Waals surface area contributed by atoms with E-state index < -0.39 is 5.97 Å². The van der Waals surface area contributed by atoms with E-state index in [0.29, 0.717) is 11.7 Å². The SMILES string of the molecule is CC(C)N1CCN(CC2CC2)C[C@@H]1c1nnc2ccc(C(=O)O)cn12. The van der Waals surface area contributed by atoms with Gasteiger partial charge in [-0.2, -0.15) is 0 Å². The van der Waals surface area contributed by atoms with Crippen LogP contribution in [0.25, 0.3) is 5.65 Å². The summed E-state index contributed by atoms with van der Waals surface area (Å²) in [7, 11) is 0. The van der Waals surface area contributed by atoms with Crippen LogP contribution in [0, 0.1) is 5.92 Å². The third-order valence-electron chi connectivity index (χ3n) is 5.36. The Morgan fingerprint density at radius 2 is 2.08 bits per heavy atom. The molecule has 2 fully saturated rings. The molecule has 0 radical (unpaired) electrons. The van der Waals surface area contributed by atoms with Crippen molar-refractivity contribution in [2.24, 2.45) is 5.92 Å². The van der Waals surface area contributed by atoms with Crippen molar-refractivity contribution in [3.63, 3.8) is 0 Å². The Morgan fingerprint density at radius 1 is 1.28 bits per heavy atom. The molecule has 25 heavy (non-hydrogen) atoms. The Bertz CT molecular complexity index is 783. The maximum Gasteiger partial charge on any atom is 0.337 e. The topological polar surface area (TPSA) is 74.0 Å². The van der Waals surface area contributed by atoms with Gasteiger partial charge in [0.05, 0.1) is 11.6 Å². The second-order valence-electron chi connectivity index (χ2n) is 7.56. The van der Waals surface area contributed by atoms with Crippen molar-refractivity contribution in [2.45, 2.75) is 38.8 Å². The summed E-state index contributed by atoms with van der Waals surface area (Å²) in [6, 6.07) is 3.84. The van der Waals surface area contributed by atoms with Crippen molar-refractivity contribution in [1.82, 2.24) is 24.4 Å². The molecular weight excluding hydrogens is 318 g/mol. The molecule has 1 saturated carbocycles. The molecule has 1 saturated heterocycles. The van der Waals surface area contributed by atoms with Crippen LogP contribution in [0.15, 0.2) is 18.3 Å². The van der Waals surface area contributed by atoms with Crippen molar-refractivity contribution in [2.75, 3.05) is 26.2 Å². The Balaban J connectivity index is 1.69. The zero-order valence-corrected chi connectivity index (χ0v) is 14.8. The lowest BCUT2D eigenvalue weighted by Gasteiger charge is -2.42. The molecule has 0 bridgehead atoms. The largest absolute Gasteiger partial charge is 0.478 e. The van der Waals surface area contributed by atoms with Crippen LogP contribution in [0.5, 0.6) is 0 Å². The third kappa shape index (κ3) is 3.26. The molecule has 2 aliphatic rings. The lowest BCUT2D eigenvalue weighted by Crippen LogP contribution is -2.51. The summed E-state index contributed by atoms with van der Waals surface area (Å²) in [5.41, 5.74) is 0.957. The van der Waals surface area contributed by atoms with E-state index >= 15 is 0 Å². The fourth-order valence-electron chi connectivity index (χ4n) is 3.80. The molecule has 4 rings (SSSR count). The summed E-state index contributed by atoms with van der Waals surface area (Å²) < 4.78 is 1.85. The first-order chi connectivity index (χ1) is 12.0. The van der Waals surface area contributed by atoms with Crippen LogP contribution in [-0.2, 0) is 0 Å². The number of carboxylic acids is 1. The maximum atomic E-state index is 11.3. The monoisotopic (exact) mass is 343 g/mol. The summed E-state index contributed by atoms with van der Waals surface area (Å²) in [4.78, 5) is 16.3. The zero-order chi connectivity index (χ0) is 17.6. The highest BCUT2D eigenvalue weighted by atomic mass is 16.4. The summed E-state index contributed by atoms with van der Waals surface area (Å²) in [6.07, 6.45) is 4.35. The molecule has 2 aromatic rings. The second kappa shape index (κ2) is 6.38. The van der Waals surface area contributed by atoms with E-state index in [1.54, 1.807) is 18.3 Å².